The molecule has 0 spiro atoms. The van der Waals surface area contributed by atoms with E-state index in [2.05, 4.69) is 25.3 Å². The van der Waals surface area contributed by atoms with Gasteiger partial charge in [0.05, 0.1) is 0 Å². The summed E-state index contributed by atoms with van der Waals surface area (Å²) in [5.74, 6) is 0. The molecule has 1 aliphatic heterocycles. The van der Waals surface area contributed by atoms with Crippen LogP contribution in [0.1, 0.15) is 11.8 Å². The quantitative estimate of drug-likeness (QED) is 0.224. The third-order valence-corrected chi connectivity index (χ3v) is 6.34. The number of aromatic amines is 2. The van der Waals surface area contributed by atoms with Gasteiger partial charge in [0.2, 0.25) is 11.7 Å². The molecular weight excluding hydrogens is 454 g/mol. The second-order valence-corrected chi connectivity index (χ2v) is 8.46. The summed E-state index contributed by atoms with van der Waals surface area (Å²) in [6.07, 6.45) is 4.28. The number of rotatable bonds is 6. The summed E-state index contributed by atoms with van der Waals surface area (Å²) in [6.45, 7) is 0.174. The number of aliphatic hydroxyl groups is 2. The first-order valence-electron chi connectivity index (χ1n) is 11.3. The largest absolute Gasteiger partial charge is 0.447 e. The molecule has 5 heterocycles. The minimum absolute atomic E-state index is 0.214. The lowest BCUT2D eigenvalue weighted by Crippen LogP contribution is -2.45. The van der Waals surface area contributed by atoms with Crippen LogP contribution in [0.15, 0.2) is 55.5 Å². The molecule has 12 nitrogen and oxygen atoms in total. The summed E-state index contributed by atoms with van der Waals surface area (Å²) in [5, 5.41) is 24.9. The van der Waals surface area contributed by atoms with Crippen LogP contribution in [-0.2, 0) is 15.9 Å². The number of H-pyrrole nitrogens is 2. The van der Waals surface area contributed by atoms with Gasteiger partial charge >= 0.3 is 11.7 Å². The average Bonchev–Trinajstić information content (AvgIpc) is 3.64. The summed E-state index contributed by atoms with van der Waals surface area (Å²) < 4.78 is 14.5. The standard InChI is InChI=1S/C23H23N7O5/c31-18-16(10-34-23(33)25-6-5-13-9-26-15-4-2-1-3-14(13)15)35-22(19(18)32)30-12-27-17-20-24-7-8-29(20)11-28-21(17)30/h1-4,7-9,11-12,16,18-19,22,26,31-32H,5-6,10H2,(H,25,33)/p+1/t16-,18-,19-,22-/m1/s1. The first-order valence-corrected chi connectivity index (χ1v) is 11.3. The van der Waals surface area contributed by atoms with Crippen molar-refractivity contribution < 1.29 is 29.0 Å². The fourth-order valence-corrected chi connectivity index (χ4v) is 4.54. The zero-order chi connectivity index (χ0) is 23.9. The van der Waals surface area contributed by atoms with Crippen LogP contribution in [0.5, 0.6) is 0 Å². The zero-order valence-electron chi connectivity index (χ0n) is 18.5. The molecule has 12 heteroatoms. The molecule has 1 fully saturated rings. The highest BCUT2D eigenvalue weighted by Crippen LogP contribution is 2.27. The number of para-hydroxylation sites is 1. The second-order valence-electron chi connectivity index (χ2n) is 8.46. The normalized spacial score (nSPS) is 22.3. The Kier molecular flexibility index (Phi) is 5.32. The molecule has 5 aromatic rings. The van der Waals surface area contributed by atoms with Gasteiger partial charge < -0.3 is 30.0 Å². The van der Waals surface area contributed by atoms with Crippen LogP contribution in [-0.4, -0.2) is 72.1 Å². The molecule has 0 saturated carbocycles. The Morgan fingerprint density at radius 1 is 1.23 bits per heavy atom. The Balaban J connectivity index is 1.06. The molecule has 180 valence electrons. The zero-order valence-corrected chi connectivity index (χ0v) is 18.5. The van der Waals surface area contributed by atoms with Crippen molar-refractivity contribution >= 4 is 33.8 Å². The van der Waals surface area contributed by atoms with E-state index in [9.17, 15) is 15.0 Å². The number of benzene rings is 1. The Morgan fingerprint density at radius 3 is 3.03 bits per heavy atom. The smallest absolute Gasteiger partial charge is 0.407 e. The molecule has 1 aromatic carbocycles. The van der Waals surface area contributed by atoms with Gasteiger partial charge in [0.1, 0.15) is 24.9 Å². The van der Waals surface area contributed by atoms with Gasteiger partial charge in [0, 0.05) is 36.0 Å². The number of carbonyl (C=O) groups is 1. The number of aliphatic hydroxyl groups excluding tert-OH is 2. The predicted octanol–water partition coefficient (Wildman–Crippen LogP) is 0.567. The number of carbonyl (C=O) groups excluding carboxylic acids is 1. The minimum atomic E-state index is -1.24. The number of ether oxygens (including phenoxy) is 2. The van der Waals surface area contributed by atoms with Gasteiger partial charge in [-0.25, -0.2) is 14.3 Å². The minimum Gasteiger partial charge on any atom is -0.447 e. The summed E-state index contributed by atoms with van der Waals surface area (Å²) in [7, 11) is 0. The van der Waals surface area contributed by atoms with Crippen molar-refractivity contribution in [3.05, 3.63) is 61.1 Å². The Bertz CT molecular complexity index is 1510. The highest BCUT2D eigenvalue weighted by atomic mass is 16.6. The van der Waals surface area contributed by atoms with Crippen molar-refractivity contribution in [2.45, 2.75) is 31.0 Å². The highest BCUT2D eigenvalue weighted by Gasteiger charge is 2.47. The predicted molar refractivity (Wildman–Crippen MR) is 122 cm³/mol. The lowest BCUT2D eigenvalue weighted by Gasteiger charge is -2.14. The summed E-state index contributed by atoms with van der Waals surface area (Å²) in [5.41, 5.74) is 3.99. The van der Waals surface area contributed by atoms with E-state index in [0.29, 0.717) is 29.8 Å². The molecular formula is C23H24N7O5+. The van der Waals surface area contributed by atoms with E-state index in [-0.39, 0.29) is 6.61 Å². The van der Waals surface area contributed by atoms with Crippen molar-refractivity contribution in [2.24, 2.45) is 0 Å². The number of hydrogen-bond donors (Lipinski definition) is 5. The van der Waals surface area contributed by atoms with Gasteiger partial charge in [-0.15, -0.1) is 0 Å². The Morgan fingerprint density at radius 2 is 2.11 bits per heavy atom. The number of alkyl carbamates (subject to hydrolysis) is 1. The molecule has 1 saturated heterocycles. The number of nitrogens with one attached hydrogen (secondary N) is 3. The highest BCUT2D eigenvalue weighted by molar-refractivity contribution is 5.83. The maximum Gasteiger partial charge on any atom is 0.407 e. The number of hydrogen-bond acceptors (Lipinski definition) is 7. The molecule has 35 heavy (non-hydrogen) atoms. The van der Waals surface area contributed by atoms with Gasteiger partial charge in [0.25, 0.3) is 0 Å². The van der Waals surface area contributed by atoms with Crippen LogP contribution >= 0.6 is 0 Å². The molecule has 6 rings (SSSR count). The van der Waals surface area contributed by atoms with Crippen molar-refractivity contribution in [1.29, 1.82) is 0 Å². The van der Waals surface area contributed by atoms with Crippen LogP contribution in [0.2, 0.25) is 0 Å². The lowest BCUT2D eigenvalue weighted by molar-refractivity contribution is -0.745. The Labute approximate surface area is 198 Å². The fraction of sp³-hybridized carbons (Fsp3) is 0.304. The summed E-state index contributed by atoms with van der Waals surface area (Å²) in [6, 6.07) is 7.96. The van der Waals surface area contributed by atoms with Crippen molar-refractivity contribution in [3.8, 4) is 0 Å². The van der Waals surface area contributed by atoms with E-state index in [1.165, 1.54) is 0 Å². The molecule has 0 unspecified atom stereocenters. The van der Waals surface area contributed by atoms with Gasteiger partial charge in [-0.1, -0.05) is 23.2 Å². The van der Waals surface area contributed by atoms with Crippen LogP contribution < -0.4 is 9.88 Å². The van der Waals surface area contributed by atoms with Crippen LogP contribution in [0.3, 0.4) is 0 Å². The van der Waals surface area contributed by atoms with E-state index in [4.69, 9.17) is 9.47 Å². The molecule has 0 aliphatic carbocycles. The third kappa shape index (κ3) is 3.77. The maximum absolute atomic E-state index is 12.2. The Hall–Kier alpha value is -4.00. The first kappa shape index (κ1) is 21.5. The number of fused-ring (bicyclic) bond motifs is 4. The lowest BCUT2D eigenvalue weighted by atomic mass is 10.1. The van der Waals surface area contributed by atoms with Crippen molar-refractivity contribution in [1.82, 2.24) is 29.7 Å². The average molecular weight is 478 g/mol. The van der Waals surface area contributed by atoms with Crippen molar-refractivity contribution in [2.75, 3.05) is 13.2 Å². The molecule has 4 aromatic heterocycles. The van der Waals surface area contributed by atoms with Crippen LogP contribution in [0.4, 0.5) is 4.79 Å². The van der Waals surface area contributed by atoms with E-state index in [1.807, 2.05) is 30.5 Å². The second kappa shape index (κ2) is 8.65. The molecule has 1 aliphatic rings. The first-order chi connectivity index (χ1) is 17.1. The number of imidazole rings is 2. The van der Waals surface area contributed by atoms with Gasteiger partial charge in [-0.05, 0) is 18.1 Å². The van der Waals surface area contributed by atoms with Crippen LogP contribution in [0, 0.1) is 0 Å². The van der Waals surface area contributed by atoms with Gasteiger partial charge in [0.15, 0.2) is 18.3 Å². The monoisotopic (exact) mass is 478 g/mol. The molecule has 0 bridgehead atoms. The number of nitrogens with zero attached hydrogens (tertiary/aromatic N) is 4. The van der Waals surface area contributed by atoms with Crippen LogP contribution in [0.25, 0.3) is 27.7 Å². The van der Waals surface area contributed by atoms with E-state index >= 15 is 0 Å². The SMILES string of the molecule is O=C(NCCc1c[nH]c2ccccc12)OC[C@H]1O[C@@H]([n+]2c[nH]c3c4nccn4cnc32)[C@H](O)[C@@H]1O. The van der Waals surface area contributed by atoms with Crippen molar-refractivity contribution in [3.63, 3.8) is 0 Å². The molecule has 0 radical (unpaired) electrons. The van der Waals surface area contributed by atoms with E-state index < -0.39 is 30.6 Å². The number of aromatic nitrogens is 6. The summed E-state index contributed by atoms with van der Waals surface area (Å²) in [4.78, 5) is 27.2. The number of amides is 1. The molecule has 5 N–H and O–H groups in total. The van der Waals surface area contributed by atoms with Gasteiger partial charge in [-0.2, -0.15) is 0 Å². The molecule has 1 amide bonds. The van der Waals surface area contributed by atoms with Gasteiger partial charge in [-0.3, -0.25) is 9.38 Å². The van der Waals surface area contributed by atoms with E-state index in [0.717, 1.165) is 16.5 Å². The molecule has 4 atom stereocenters. The maximum atomic E-state index is 12.2. The third-order valence-electron chi connectivity index (χ3n) is 6.34. The fourth-order valence-electron chi connectivity index (χ4n) is 4.54. The topological polar surface area (TPSA) is 154 Å². The summed E-state index contributed by atoms with van der Waals surface area (Å²) >= 11 is 0. The van der Waals surface area contributed by atoms with E-state index in [1.54, 1.807) is 34.0 Å².